The number of hydrogen-bond acceptors (Lipinski definition) is 5. The van der Waals surface area contributed by atoms with Gasteiger partial charge in [0.15, 0.2) is 5.82 Å². The van der Waals surface area contributed by atoms with Gasteiger partial charge in [0.2, 0.25) is 5.91 Å². The van der Waals surface area contributed by atoms with Crippen molar-refractivity contribution in [1.29, 1.82) is 0 Å². The topological polar surface area (TPSA) is 110 Å². The first-order valence-corrected chi connectivity index (χ1v) is 4.86. The van der Waals surface area contributed by atoms with E-state index >= 15 is 0 Å². The summed E-state index contributed by atoms with van der Waals surface area (Å²) in [7, 11) is 0. The average molecular weight is 226 g/mol. The molecule has 1 amide bonds. The van der Waals surface area contributed by atoms with Crippen LogP contribution in [0.2, 0.25) is 0 Å². The van der Waals surface area contributed by atoms with Gasteiger partial charge in [-0.05, 0) is 12.8 Å². The molecule has 0 saturated heterocycles. The van der Waals surface area contributed by atoms with Crippen LogP contribution in [0.3, 0.4) is 0 Å². The fourth-order valence-corrected chi connectivity index (χ4v) is 1.59. The van der Waals surface area contributed by atoms with Gasteiger partial charge >= 0.3 is 0 Å². The first-order valence-electron chi connectivity index (χ1n) is 4.46. The summed E-state index contributed by atoms with van der Waals surface area (Å²) in [5, 5.41) is 15.8. The number of carbonyl (C=O) groups excluding carboxylic acids is 1. The Morgan fingerprint density at radius 2 is 2.40 bits per heavy atom. The number of aromatic amines is 1. The highest BCUT2D eigenvalue weighted by molar-refractivity contribution is 7.80. The molecule has 1 fully saturated rings. The largest absolute Gasteiger partial charge is 0.392 e. The number of rotatable bonds is 4. The Bertz CT molecular complexity index is 384. The van der Waals surface area contributed by atoms with Crippen LogP contribution in [0.15, 0.2) is 0 Å². The SMILES string of the molecule is NC(=S)C1(C(=O)NCc2nn[nH]n2)CC1. The summed E-state index contributed by atoms with van der Waals surface area (Å²) in [6, 6.07) is 0. The normalized spacial score (nSPS) is 17.1. The number of nitrogens with one attached hydrogen (secondary N) is 2. The Kier molecular flexibility index (Phi) is 2.35. The number of carbonyl (C=O) groups is 1. The van der Waals surface area contributed by atoms with Gasteiger partial charge in [0.25, 0.3) is 0 Å². The summed E-state index contributed by atoms with van der Waals surface area (Å²) in [4.78, 5) is 12.0. The Morgan fingerprint density at radius 3 is 2.87 bits per heavy atom. The predicted octanol–water partition coefficient (Wildman–Crippen LogP) is -1.12. The second kappa shape index (κ2) is 3.54. The molecule has 1 saturated carbocycles. The molecule has 0 aliphatic heterocycles. The van der Waals surface area contributed by atoms with Crippen molar-refractivity contribution in [3.05, 3.63) is 5.82 Å². The highest BCUT2D eigenvalue weighted by Crippen LogP contribution is 2.46. The lowest BCUT2D eigenvalue weighted by atomic mass is 10.1. The number of nitrogens with two attached hydrogens (primary N) is 1. The van der Waals surface area contributed by atoms with E-state index in [1.54, 1.807) is 0 Å². The van der Waals surface area contributed by atoms with Crippen LogP contribution >= 0.6 is 12.2 Å². The van der Waals surface area contributed by atoms with E-state index in [2.05, 4.69) is 25.9 Å². The smallest absolute Gasteiger partial charge is 0.233 e. The fraction of sp³-hybridized carbons (Fsp3) is 0.571. The minimum Gasteiger partial charge on any atom is -0.392 e. The zero-order valence-corrected chi connectivity index (χ0v) is 8.67. The van der Waals surface area contributed by atoms with E-state index in [-0.39, 0.29) is 17.4 Å². The molecule has 1 aromatic heterocycles. The summed E-state index contributed by atoms with van der Waals surface area (Å²) < 4.78 is 0. The molecule has 1 aliphatic rings. The maximum Gasteiger partial charge on any atom is 0.233 e. The lowest BCUT2D eigenvalue weighted by molar-refractivity contribution is -0.124. The summed E-state index contributed by atoms with van der Waals surface area (Å²) in [5.41, 5.74) is 4.88. The lowest BCUT2D eigenvalue weighted by Crippen LogP contribution is -2.39. The first kappa shape index (κ1) is 9.97. The zero-order chi connectivity index (χ0) is 10.9. The van der Waals surface area contributed by atoms with Crippen molar-refractivity contribution in [3.8, 4) is 0 Å². The monoisotopic (exact) mass is 226 g/mol. The van der Waals surface area contributed by atoms with E-state index < -0.39 is 5.41 Å². The summed E-state index contributed by atoms with van der Waals surface area (Å²) in [5.74, 6) is 0.280. The highest BCUT2D eigenvalue weighted by Gasteiger charge is 2.52. The van der Waals surface area contributed by atoms with Gasteiger partial charge in [0.05, 0.1) is 16.9 Å². The third kappa shape index (κ3) is 1.80. The molecule has 0 unspecified atom stereocenters. The Balaban J connectivity index is 1.91. The van der Waals surface area contributed by atoms with E-state index in [9.17, 15) is 4.79 Å². The van der Waals surface area contributed by atoms with Crippen LogP contribution in [0.5, 0.6) is 0 Å². The number of tetrazole rings is 1. The minimum absolute atomic E-state index is 0.153. The molecular weight excluding hydrogens is 216 g/mol. The lowest BCUT2D eigenvalue weighted by Gasteiger charge is -2.11. The molecule has 0 spiro atoms. The van der Waals surface area contributed by atoms with Crippen molar-refractivity contribution >= 4 is 23.1 Å². The molecule has 1 aliphatic carbocycles. The van der Waals surface area contributed by atoms with Crippen LogP contribution in [0.25, 0.3) is 0 Å². The molecule has 0 aromatic carbocycles. The molecule has 7 nitrogen and oxygen atoms in total. The van der Waals surface area contributed by atoms with Crippen molar-refractivity contribution in [2.45, 2.75) is 19.4 Å². The van der Waals surface area contributed by atoms with Gasteiger partial charge < -0.3 is 11.1 Å². The molecule has 1 heterocycles. The molecule has 80 valence electrons. The molecule has 1 aromatic rings. The van der Waals surface area contributed by atoms with E-state index in [1.165, 1.54) is 0 Å². The summed E-state index contributed by atoms with van der Waals surface area (Å²) >= 11 is 4.85. The molecule has 2 rings (SSSR count). The van der Waals surface area contributed by atoms with Crippen LogP contribution in [-0.2, 0) is 11.3 Å². The number of amides is 1. The maximum atomic E-state index is 11.7. The number of nitrogens with zero attached hydrogens (tertiary/aromatic N) is 3. The van der Waals surface area contributed by atoms with Crippen molar-refractivity contribution in [1.82, 2.24) is 25.9 Å². The Hall–Kier alpha value is -1.57. The van der Waals surface area contributed by atoms with Gasteiger partial charge in [-0.2, -0.15) is 5.21 Å². The van der Waals surface area contributed by atoms with E-state index in [4.69, 9.17) is 18.0 Å². The van der Waals surface area contributed by atoms with Gasteiger partial charge in [0, 0.05) is 0 Å². The molecule has 0 radical (unpaired) electrons. The second-order valence-electron chi connectivity index (χ2n) is 3.46. The van der Waals surface area contributed by atoms with Crippen molar-refractivity contribution in [3.63, 3.8) is 0 Å². The maximum absolute atomic E-state index is 11.7. The molecule has 8 heteroatoms. The Morgan fingerprint density at radius 1 is 1.67 bits per heavy atom. The van der Waals surface area contributed by atoms with Gasteiger partial charge in [-0.1, -0.05) is 17.4 Å². The van der Waals surface area contributed by atoms with Crippen molar-refractivity contribution < 1.29 is 4.79 Å². The van der Waals surface area contributed by atoms with Gasteiger partial charge in [-0.15, -0.1) is 10.2 Å². The number of hydrogen-bond donors (Lipinski definition) is 3. The van der Waals surface area contributed by atoms with Gasteiger partial charge in [0.1, 0.15) is 0 Å². The number of H-pyrrole nitrogens is 1. The van der Waals surface area contributed by atoms with Crippen LogP contribution in [0, 0.1) is 5.41 Å². The van der Waals surface area contributed by atoms with Crippen molar-refractivity contribution in [2.75, 3.05) is 0 Å². The second-order valence-corrected chi connectivity index (χ2v) is 3.90. The fourth-order valence-electron chi connectivity index (χ4n) is 1.30. The first-order chi connectivity index (χ1) is 7.15. The van der Waals surface area contributed by atoms with Crippen LogP contribution in [-0.4, -0.2) is 31.5 Å². The zero-order valence-electron chi connectivity index (χ0n) is 7.86. The molecule has 0 atom stereocenters. The number of thiocarbonyl (C=S) groups is 1. The van der Waals surface area contributed by atoms with Gasteiger partial charge in [-0.3, -0.25) is 4.79 Å². The van der Waals surface area contributed by atoms with Gasteiger partial charge in [-0.25, -0.2) is 0 Å². The highest BCUT2D eigenvalue weighted by atomic mass is 32.1. The molecule has 15 heavy (non-hydrogen) atoms. The molecular formula is C7H10N6OS. The van der Waals surface area contributed by atoms with Crippen LogP contribution < -0.4 is 11.1 Å². The van der Waals surface area contributed by atoms with E-state index in [0.717, 1.165) is 12.8 Å². The Labute approximate surface area is 90.8 Å². The average Bonchev–Trinajstić information content (AvgIpc) is 2.87. The standard InChI is InChI=1S/C7H10N6OS/c8-5(15)7(1-2-7)6(14)9-3-4-10-12-13-11-4/h1-3H2,(H2,8,15)(H,9,14)(H,10,11,12,13). The summed E-state index contributed by atoms with van der Waals surface area (Å²) in [6.45, 7) is 0.236. The van der Waals surface area contributed by atoms with E-state index in [0.29, 0.717) is 5.82 Å². The van der Waals surface area contributed by atoms with Crippen LogP contribution in [0.1, 0.15) is 18.7 Å². The molecule has 4 N–H and O–H groups in total. The van der Waals surface area contributed by atoms with Crippen molar-refractivity contribution in [2.24, 2.45) is 11.1 Å². The summed E-state index contributed by atoms with van der Waals surface area (Å²) in [6.07, 6.45) is 1.45. The third-order valence-corrected chi connectivity index (χ3v) is 2.84. The third-order valence-electron chi connectivity index (χ3n) is 2.45. The van der Waals surface area contributed by atoms with E-state index in [1.807, 2.05) is 0 Å². The number of aromatic nitrogens is 4. The van der Waals surface area contributed by atoms with Crippen LogP contribution in [0.4, 0.5) is 0 Å². The predicted molar refractivity (Wildman–Crippen MR) is 54.5 cm³/mol. The molecule has 0 bridgehead atoms. The minimum atomic E-state index is -0.626. The quantitative estimate of drug-likeness (QED) is 0.561.